The average molecular weight is 321 g/mol. The van der Waals surface area contributed by atoms with Gasteiger partial charge in [0.1, 0.15) is 11.3 Å². The van der Waals surface area contributed by atoms with Gasteiger partial charge in [-0.15, -0.1) is 0 Å². The molecule has 1 aromatic carbocycles. The van der Waals surface area contributed by atoms with E-state index in [2.05, 4.69) is 0 Å². The maximum Gasteiger partial charge on any atom is 0.326 e. The Morgan fingerprint density at radius 1 is 1.09 bits per heavy atom. The molecule has 6 nitrogen and oxygen atoms in total. The van der Waals surface area contributed by atoms with Crippen molar-refractivity contribution in [2.24, 2.45) is 0 Å². The van der Waals surface area contributed by atoms with Crippen LogP contribution < -0.4 is 4.74 Å². The minimum atomic E-state index is -0.608. The molecule has 0 aliphatic heterocycles. The summed E-state index contributed by atoms with van der Waals surface area (Å²) in [5, 5.41) is 0. The molecule has 0 radical (unpaired) electrons. The van der Waals surface area contributed by atoms with Crippen LogP contribution >= 0.6 is 0 Å². The molecule has 0 amide bonds. The number of rotatable bonds is 8. The van der Waals surface area contributed by atoms with Gasteiger partial charge in [-0.3, -0.25) is 14.5 Å². The summed E-state index contributed by atoms with van der Waals surface area (Å²) in [7, 11) is 4.38. The normalized spacial score (nSPS) is 15.1. The Balaban J connectivity index is 2.12. The van der Waals surface area contributed by atoms with Gasteiger partial charge in [0.25, 0.3) is 0 Å². The first kappa shape index (κ1) is 17.3. The van der Waals surface area contributed by atoms with Crippen molar-refractivity contribution in [3.05, 3.63) is 29.8 Å². The third-order valence-electron chi connectivity index (χ3n) is 4.24. The lowest BCUT2D eigenvalue weighted by atomic mass is 10.1. The van der Waals surface area contributed by atoms with Gasteiger partial charge in [0.05, 0.1) is 27.8 Å². The molecule has 0 N–H and O–H groups in total. The first-order valence-electron chi connectivity index (χ1n) is 7.59. The van der Waals surface area contributed by atoms with Gasteiger partial charge in [-0.2, -0.15) is 0 Å². The summed E-state index contributed by atoms with van der Waals surface area (Å²) in [4.78, 5) is 25.6. The Labute approximate surface area is 136 Å². The molecule has 1 aliphatic carbocycles. The summed E-state index contributed by atoms with van der Waals surface area (Å²) in [6.07, 6.45) is 1.74. The Morgan fingerprint density at radius 2 is 1.74 bits per heavy atom. The summed E-state index contributed by atoms with van der Waals surface area (Å²) >= 11 is 0. The van der Waals surface area contributed by atoms with Gasteiger partial charge in [0.2, 0.25) is 0 Å². The lowest BCUT2D eigenvalue weighted by molar-refractivity contribution is -0.150. The van der Waals surface area contributed by atoms with Crippen LogP contribution in [0.25, 0.3) is 0 Å². The van der Waals surface area contributed by atoms with Crippen molar-refractivity contribution in [1.29, 1.82) is 0 Å². The van der Waals surface area contributed by atoms with Gasteiger partial charge < -0.3 is 14.2 Å². The molecule has 0 spiro atoms. The third-order valence-corrected chi connectivity index (χ3v) is 4.24. The van der Waals surface area contributed by atoms with Gasteiger partial charge in [-0.25, -0.2) is 0 Å². The Bertz CT molecular complexity index is 551. The molecular weight excluding hydrogens is 298 g/mol. The summed E-state index contributed by atoms with van der Waals surface area (Å²) in [6, 6.07) is 7.67. The smallest absolute Gasteiger partial charge is 0.326 e. The molecule has 0 unspecified atom stereocenters. The van der Waals surface area contributed by atoms with Crippen LogP contribution in [0, 0.1) is 0 Å². The highest BCUT2D eigenvalue weighted by Crippen LogP contribution is 2.43. The zero-order valence-electron chi connectivity index (χ0n) is 13.8. The van der Waals surface area contributed by atoms with Crippen LogP contribution in [-0.4, -0.2) is 50.3 Å². The number of ether oxygens (including phenoxy) is 3. The largest absolute Gasteiger partial charge is 0.497 e. The fraction of sp³-hybridized carbons (Fsp3) is 0.529. The SMILES string of the molecule is COC(=O)CCN(Cc1ccc(OC)cc1)C1(C(=O)OC)CC1. The van der Waals surface area contributed by atoms with E-state index in [1.165, 1.54) is 14.2 Å². The first-order chi connectivity index (χ1) is 11.1. The Hall–Kier alpha value is -2.08. The number of methoxy groups -OCH3 is 3. The molecule has 0 atom stereocenters. The highest BCUT2D eigenvalue weighted by Gasteiger charge is 2.55. The van der Waals surface area contributed by atoms with Crippen LogP contribution in [0.1, 0.15) is 24.8 Å². The molecule has 126 valence electrons. The van der Waals surface area contributed by atoms with Crippen molar-refractivity contribution >= 4 is 11.9 Å². The van der Waals surface area contributed by atoms with Gasteiger partial charge in [0, 0.05) is 13.1 Å². The van der Waals surface area contributed by atoms with E-state index in [0.29, 0.717) is 13.1 Å². The molecule has 2 rings (SSSR count). The van der Waals surface area contributed by atoms with E-state index in [0.717, 1.165) is 24.2 Å². The van der Waals surface area contributed by atoms with Crippen molar-refractivity contribution < 1.29 is 23.8 Å². The van der Waals surface area contributed by atoms with Gasteiger partial charge in [0.15, 0.2) is 0 Å². The first-order valence-corrected chi connectivity index (χ1v) is 7.59. The second-order valence-electron chi connectivity index (χ2n) is 5.62. The second-order valence-corrected chi connectivity index (χ2v) is 5.62. The van der Waals surface area contributed by atoms with Crippen LogP contribution in [0.2, 0.25) is 0 Å². The quantitative estimate of drug-likeness (QED) is 0.680. The zero-order chi connectivity index (χ0) is 16.9. The molecule has 23 heavy (non-hydrogen) atoms. The van der Waals surface area contributed by atoms with Gasteiger partial charge in [-0.1, -0.05) is 12.1 Å². The number of esters is 2. The van der Waals surface area contributed by atoms with Crippen LogP contribution in [0.3, 0.4) is 0 Å². The fourth-order valence-corrected chi connectivity index (χ4v) is 2.68. The van der Waals surface area contributed by atoms with Crippen molar-refractivity contribution in [3.63, 3.8) is 0 Å². The van der Waals surface area contributed by atoms with E-state index in [1.54, 1.807) is 7.11 Å². The Morgan fingerprint density at radius 3 is 2.22 bits per heavy atom. The summed E-state index contributed by atoms with van der Waals surface area (Å²) in [5.74, 6) is 0.255. The standard InChI is InChI=1S/C17H23NO5/c1-21-14-6-4-13(5-7-14)12-18(11-8-15(19)22-2)17(9-10-17)16(20)23-3/h4-7H,8-12H2,1-3H3. The maximum absolute atomic E-state index is 12.1. The molecule has 1 fully saturated rings. The third kappa shape index (κ3) is 4.01. The number of hydrogen-bond acceptors (Lipinski definition) is 6. The van der Waals surface area contributed by atoms with Crippen LogP contribution in [0.5, 0.6) is 5.75 Å². The predicted octanol–water partition coefficient (Wildman–Crippen LogP) is 1.77. The predicted molar refractivity (Wildman–Crippen MR) is 84.0 cm³/mol. The molecule has 0 bridgehead atoms. The number of carbonyl (C=O) groups is 2. The molecule has 0 saturated heterocycles. The maximum atomic E-state index is 12.1. The van der Waals surface area contributed by atoms with E-state index in [-0.39, 0.29) is 18.4 Å². The van der Waals surface area contributed by atoms with E-state index < -0.39 is 5.54 Å². The van der Waals surface area contributed by atoms with Gasteiger partial charge in [-0.05, 0) is 30.5 Å². The van der Waals surface area contributed by atoms with Crippen molar-refractivity contribution in [1.82, 2.24) is 4.90 Å². The van der Waals surface area contributed by atoms with E-state index in [9.17, 15) is 9.59 Å². The zero-order valence-corrected chi connectivity index (χ0v) is 13.8. The molecular formula is C17H23NO5. The number of nitrogens with zero attached hydrogens (tertiary/aromatic N) is 1. The molecule has 0 aromatic heterocycles. The van der Waals surface area contributed by atoms with Crippen molar-refractivity contribution in [3.8, 4) is 5.75 Å². The fourth-order valence-electron chi connectivity index (χ4n) is 2.68. The van der Waals surface area contributed by atoms with Crippen molar-refractivity contribution in [2.45, 2.75) is 31.3 Å². The second kappa shape index (κ2) is 7.46. The van der Waals surface area contributed by atoms with Crippen LogP contribution in [0.4, 0.5) is 0 Å². The molecule has 1 aromatic rings. The number of hydrogen-bond donors (Lipinski definition) is 0. The number of benzene rings is 1. The summed E-state index contributed by atoms with van der Waals surface area (Å²) < 4.78 is 14.8. The average Bonchev–Trinajstić information content (AvgIpc) is 3.39. The lowest BCUT2D eigenvalue weighted by Gasteiger charge is -2.29. The topological polar surface area (TPSA) is 65.1 Å². The van der Waals surface area contributed by atoms with Gasteiger partial charge >= 0.3 is 11.9 Å². The van der Waals surface area contributed by atoms with E-state index in [4.69, 9.17) is 14.2 Å². The Kier molecular flexibility index (Phi) is 5.60. The molecule has 0 heterocycles. The molecule has 6 heteroatoms. The highest BCUT2D eigenvalue weighted by atomic mass is 16.5. The van der Waals surface area contributed by atoms with Crippen molar-refractivity contribution in [2.75, 3.05) is 27.9 Å². The lowest BCUT2D eigenvalue weighted by Crippen LogP contribution is -2.44. The summed E-state index contributed by atoms with van der Waals surface area (Å²) in [5.41, 5.74) is 0.439. The van der Waals surface area contributed by atoms with E-state index >= 15 is 0 Å². The van der Waals surface area contributed by atoms with E-state index in [1.807, 2.05) is 29.2 Å². The number of carbonyl (C=O) groups excluding carboxylic acids is 2. The molecule has 1 saturated carbocycles. The van der Waals surface area contributed by atoms with Crippen LogP contribution in [0.15, 0.2) is 24.3 Å². The van der Waals surface area contributed by atoms with Crippen LogP contribution in [-0.2, 0) is 25.6 Å². The highest BCUT2D eigenvalue weighted by molar-refractivity contribution is 5.84. The minimum absolute atomic E-state index is 0.240. The monoisotopic (exact) mass is 321 g/mol. The summed E-state index contributed by atoms with van der Waals surface area (Å²) in [6.45, 7) is 1.02. The molecule has 1 aliphatic rings. The minimum Gasteiger partial charge on any atom is -0.497 e.